The van der Waals surface area contributed by atoms with Gasteiger partial charge >= 0.3 is 5.97 Å². The Labute approximate surface area is 91.8 Å². The summed E-state index contributed by atoms with van der Waals surface area (Å²) < 4.78 is 4.93. The van der Waals surface area contributed by atoms with Crippen molar-refractivity contribution in [1.29, 1.82) is 0 Å². The molecule has 0 aliphatic carbocycles. The molecule has 0 spiro atoms. The molecule has 0 fully saturated rings. The highest BCUT2D eigenvalue weighted by Crippen LogP contribution is 2.40. The molecule has 0 aromatic carbocycles. The normalized spacial score (nSPS) is 13.7. The number of anilines is 1. The van der Waals surface area contributed by atoms with E-state index in [0.29, 0.717) is 17.2 Å². The van der Waals surface area contributed by atoms with E-state index in [4.69, 9.17) is 10.5 Å². The topological polar surface area (TPSA) is 64.7 Å². The molecule has 2 N–H and O–H groups in total. The second-order valence-electron chi connectivity index (χ2n) is 3.20. The molecule has 15 heavy (non-hydrogen) atoms. The number of rotatable bonds is 2. The van der Waals surface area contributed by atoms with E-state index in [1.807, 2.05) is 6.21 Å². The van der Waals surface area contributed by atoms with Gasteiger partial charge in [0.1, 0.15) is 9.88 Å². The fourth-order valence-electron chi connectivity index (χ4n) is 1.52. The second kappa shape index (κ2) is 4.02. The minimum atomic E-state index is -0.343. The number of nitrogen functional groups attached to an aromatic ring is 1. The first kappa shape index (κ1) is 10.2. The van der Waals surface area contributed by atoms with Gasteiger partial charge in [0.05, 0.1) is 12.3 Å². The zero-order valence-corrected chi connectivity index (χ0v) is 9.26. The fraction of sp³-hybridized carbons (Fsp3) is 0.400. The summed E-state index contributed by atoms with van der Waals surface area (Å²) in [5.74, 6) is -0.343. The van der Waals surface area contributed by atoms with Crippen molar-refractivity contribution in [3.63, 3.8) is 0 Å². The number of nitrogens with zero attached hydrogens (tertiary/aromatic N) is 1. The Kier molecular flexibility index (Phi) is 2.73. The van der Waals surface area contributed by atoms with Crippen molar-refractivity contribution in [3.05, 3.63) is 10.4 Å². The number of esters is 1. The molecule has 80 valence electrons. The molecule has 2 rings (SSSR count). The SMILES string of the molecule is CCOC(=O)c1sc2c(c1N)CCC=N2. The lowest BCUT2D eigenvalue weighted by molar-refractivity contribution is 0.0533. The molecule has 1 aromatic rings. The molecule has 2 heterocycles. The van der Waals surface area contributed by atoms with E-state index in [-0.39, 0.29) is 5.97 Å². The number of aliphatic imine (C=N–C) groups is 1. The number of hydrogen-bond donors (Lipinski definition) is 1. The van der Waals surface area contributed by atoms with Crippen LogP contribution < -0.4 is 5.73 Å². The third-order valence-corrected chi connectivity index (χ3v) is 3.36. The molecule has 0 amide bonds. The van der Waals surface area contributed by atoms with Crippen LogP contribution in [0, 0.1) is 0 Å². The van der Waals surface area contributed by atoms with Crippen LogP contribution in [0.25, 0.3) is 0 Å². The van der Waals surface area contributed by atoms with Gasteiger partial charge in [-0.1, -0.05) is 0 Å². The summed E-state index contributed by atoms with van der Waals surface area (Å²) in [6.45, 7) is 2.14. The van der Waals surface area contributed by atoms with Gasteiger partial charge in [-0.3, -0.25) is 0 Å². The van der Waals surface area contributed by atoms with Crippen LogP contribution in [0.3, 0.4) is 0 Å². The van der Waals surface area contributed by atoms with Gasteiger partial charge in [-0.25, -0.2) is 9.79 Å². The molecule has 1 aromatic heterocycles. The summed E-state index contributed by atoms with van der Waals surface area (Å²) in [6, 6.07) is 0. The van der Waals surface area contributed by atoms with Gasteiger partial charge in [0.15, 0.2) is 0 Å². The van der Waals surface area contributed by atoms with Gasteiger partial charge in [0, 0.05) is 11.8 Å². The van der Waals surface area contributed by atoms with E-state index < -0.39 is 0 Å². The highest BCUT2D eigenvalue weighted by molar-refractivity contribution is 7.18. The van der Waals surface area contributed by atoms with E-state index in [1.54, 1.807) is 6.92 Å². The highest BCUT2D eigenvalue weighted by atomic mass is 32.1. The third kappa shape index (κ3) is 1.74. The van der Waals surface area contributed by atoms with Crippen LogP contribution in [0.15, 0.2) is 4.99 Å². The Bertz CT molecular complexity index is 423. The molecular weight excluding hydrogens is 212 g/mol. The number of fused-ring (bicyclic) bond motifs is 1. The van der Waals surface area contributed by atoms with E-state index in [2.05, 4.69) is 4.99 Å². The van der Waals surface area contributed by atoms with Gasteiger partial charge in [-0.15, -0.1) is 11.3 Å². The largest absolute Gasteiger partial charge is 0.462 e. The lowest BCUT2D eigenvalue weighted by Gasteiger charge is -2.04. The Morgan fingerprint density at radius 2 is 2.53 bits per heavy atom. The Balaban J connectivity index is 2.38. The predicted molar refractivity (Wildman–Crippen MR) is 61.2 cm³/mol. The number of carbonyl (C=O) groups excluding carboxylic acids is 1. The van der Waals surface area contributed by atoms with Crippen LogP contribution in [0.4, 0.5) is 10.7 Å². The van der Waals surface area contributed by atoms with Crippen molar-refractivity contribution in [1.82, 2.24) is 0 Å². The first-order valence-corrected chi connectivity index (χ1v) is 5.66. The van der Waals surface area contributed by atoms with E-state index >= 15 is 0 Å². The summed E-state index contributed by atoms with van der Waals surface area (Å²) >= 11 is 1.31. The maximum absolute atomic E-state index is 11.5. The average molecular weight is 224 g/mol. The van der Waals surface area contributed by atoms with Crippen molar-refractivity contribution in [2.45, 2.75) is 19.8 Å². The van der Waals surface area contributed by atoms with Gasteiger partial charge in [-0.05, 0) is 19.8 Å². The Morgan fingerprint density at radius 1 is 1.73 bits per heavy atom. The maximum atomic E-state index is 11.5. The number of hydrogen-bond acceptors (Lipinski definition) is 5. The number of ether oxygens (including phenoxy) is 1. The summed E-state index contributed by atoms with van der Waals surface area (Å²) in [6.07, 6.45) is 3.60. The van der Waals surface area contributed by atoms with Gasteiger partial charge in [0.25, 0.3) is 0 Å². The minimum absolute atomic E-state index is 0.343. The number of carbonyl (C=O) groups is 1. The molecule has 5 heteroatoms. The zero-order valence-electron chi connectivity index (χ0n) is 8.45. The summed E-state index contributed by atoms with van der Waals surface area (Å²) in [7, 11) is 0. The summed E-state index contributed by atoms with van der Waals surface area (Å²) in [4.78, 5) is 16.2. The molecule has 0 radical (unpaired) electrons. The van der Waals surface area contributed by atoms with Crippen LogP contribution in [0.5, 0.6) is 0 Å². The summed E-state index contributed by atoms with van der Waals surface area (Å²) in [5.41, 5.74) is 7.43. The lowest BCUT2D eigenvalue weighted by Crippen LogP contribution is -2.06. The van der Waals surface area contributed by atoms with Crippen LogP contribution in [0.1, 0.15) is 28.6 Å². The molecule has 0 unspecified atom stereocenters. The predicted octanol–water partition coefficient (Wildman–Crippen LogP) is 2.16. The number of nitrogens with two attached hydrogens (primary N) is 1. The first-order valence-electron chi connectivity index (χ1n) is 4.84. The third-order valence-electron chi connectivity index (χ3n) is 2.22. The first-order chi connectivity index (χ1) is 7.24. The Morgan fingerprint density at radius 3 is 3.20 bits per heavy atom. The molecule has 0 atom stereocenters. The van der Waals surface area contributed by atoms with Crippen molar-refractivity contribution < 1.29 is 9.53 Å². The monoisotopic (exact) mass is 224 g/mol. The van der Waals surface area contributed by atoms with E-state index in [1.165, 1.54) is 11.3 Å². The standard InChI is InChI=1S/C10H12N2O2S/c1-2-14-10(13)8-7(11)6-4-3-5-12-9(6)15-8/h5H,2-4,11H2,1H3. The quantitative estimate of drug-likeness (QED) is 0.783. The smallest absolute Gasteiger partial charge is 0.350 e. The van der Waals surface area contributed by atoms with Crippen molar-refractivity contribution in [3.8, 4) is 0 Å². The van der Waals surface area contributed by atoms with Gasteiger partial charge < -0.3 is 10.5 Å². The lowest BCUT2D eigenvalue weighted by atomic mass is 10.1. The second-order valence-corrected chi connectivity index (χ2v) is 4.20. The fourth-order valence-corrected chi connectivity index (χ4v) is 2.55. The van der Waals surface area contributed by atoms with Gasteiger partial charge in [-0.2, -0.15) is 0 Å². The van der Waals surface area contributed by atoms with Crippen LogP contribution in [-0.4, -0.2) is 18.8 Å². The van der Waals surface area contributed by atoms with E-state index in [9.17, 15) is 4.79 Å². The molecule has 0 bridgehead atoms. The molecule has 1 aliphatic heterocycles. The zero-order chi connectivity index (χ0) is 10.8. The molecule has 4 nitrogen and oxygen atoms in total. The summed E-state index contributed by atoms with van der Waals surface area (Å²) in [5, 5.41) is 0.849. The molecule has 0 saturated carbocycles. The van der Waals surface area contributed by atoms with Crippen molar-refractivity contribution in [2.24, 2.45) is 4.99 Å². The molecule has 0 saturated heterocycles. The minimum Gasteiger partial charge on any atom is -0.462 e. The number of thiophene rings is 1. The van der Waals surface area contributed by atoms with Gasteiger partial charge in [0.2, 0.25) is 0 Å². The molecular formula is C10H12N2O2S. The van der Waals surface area contributed by atoms with Crippen molar-refractivity contribution >= 4 is 34.2 Å². The average Bonchev–Trinajstić information content (AvgIpc) is 2.57. The highest BCUT2D eigenvalue weighted by Gasteiger charge is 2.22. The van der Waals surface area contributed by atoms with Crippen LogP contribution in [-0.2, 0) is 11.2 Å². The molecule has 1 aliphatic rings. The van der Waals surface area contributed by atoms with Crippen molar-refractivity contribution in [2.75, 3.05) is 12.3 Å². The maximum Gasteiger partial charge on any atom is 0.350 e. The van der Waals surface area contributed by atoms with Crippen LogP contribution >= 0.6 is 11.3 Å². The van der Waals surface area contributed by atoms with Crippen LogP contribution in [0.2, 0.25) is 0 Å². The Hall–Kier alpha value is -1.36. The van der Waals surface area contributed by atoms with E-state index in [0.717, 1.165) is 23.4 Å².